The Morgan fingerprint density at radius 1 is 1.00 bits per heavy atom. The van der Waals surface area contributed by atoms with Crippen molar-refractivity contribution in [2.45, 2.75) is 24.6 Å². The minimum absolute atomic E-state index is 0. The molecule has 0 rings (SSSR count). The van der Waals surface area contributed by atoms with Gasteiger partial charge in [-0.2, -0.15) is 21.9 Å². The quantitative estimate of drug-likeness (QED) is 0.270. The van der Waals surface area contributed by atoms with Gasteiger partial charge in [0.05, 0.1) is 0 Å². The standard InChI is InChI=1S/C4H11NO7S2.Na.H/c1-3(13(7,8)9)5(6)4(2)14(10,11)12;;/h3-4,6H,1-2H3,(H,7,8,9)(H,10,11,12);;/q;+1;-1. The zero-order chi connectivity index (χ0) is 11.7. The van der Waals surface area contributed by atoms with Gasteiger partial charge in [-0.3, -0.25) is 9.11 Å². The first-order valence-corrected chi connectivity index (χ1v) is 6.38. The third kappa shape index (κ3) is 5.56. The topological polar surface area (TPSA) is 132 Å². The predicted octanol–water partition coefficient (Wildman–Crippen LogP) is -3.74. The second-order valence-corrected chi connectivity index (χ2v) is 6.03. The molecule has 2 unspecified atom stereocenters. The van der Waals surface area contributed by atoms with Crippen LogP contribution < -0.4 is 29.6 Å². The Bertz CT molecular complexity index is 357. The fourth-order valence-corrected chi connectivity index (χ4v) is 1.56. The van der Waals surface area contributed by atoms with Gasteiger partial charge >= 0.3 is 29.6 Å². The van der Waals surface area contributed by atoms with E-state index < -0.39 is 31.0 Å². The van der Waals surface area contributed by atoms with Gasteiger partial charge in [-0.05, 0) is 13.8 Å². The van der Waals surface area contributed by atoms with Gasteiger partial charge in [0.25, 0.3) is 20.2 Å². The Hall–Kier alpha value is 0.740. The summed E-state index contributed by atoms with van der Waals surface area (Å²) in [6.07, 6.45) is 0. The number of rotatable bonds is 4. The molecule has 0 aromatic heterocycles. The SMILES string of the molecule is CC(N(O)C(C)S(=O)(=O)O)S(=O)(=O)O.[H-].[Na+]. The summed E-state index contributed by atoms with van der Waals surface area (Å²) in [5.74, 6) is 0. The Labute approximate surface area is 111 Å². The van der Waals surface area contributed by atoms with Crippen LogP contribution in [-0.4, -0.2) is 47.0 Å². The van der Waals surface area contributed by atoms with E-state index >= 15 is 0 Å². The Morgan fingerprint density at radius 3 is 1.33 bits per heavy atom. The predicted molar refractivity (Wildman–Crippen MR) is 46.8 cm³/mol. The minimum Gasteiger partial charge on any atom is -1.00 e. The van der Waals surface area contributed by atoms with Crippen LogP contribution in [0.15, 0.2) is 0 Å². The van der Waals surface area contributed by atoms with Crippen molar-refractivity contribution in [3.63, 3.8) is 0 Å². The molecule has 0 aromatic carbocycles. The average molecular weight is 273 g/mol. The maximum absolute atomic E-state index is 10.5. The molecule has 0 bridgehead atoms. The van der Waals surface area contributed by atoms with E-state index in [0.717, 1.165) is 13.8 Å². The number of nitrogens with zero attached hydrogens (tertiary/aromatic N) is 1. The minimum atomic E-state index is -4.61. The summed E-state index contributed by atoms with van der Waals surface area (Å²) in [4.78, 5) is 0. The molecule has 0 saturated heterocycles. The summed E-state index contributed by atoms with van der Waals surface area (Å²) >= 11 is 0. The van der Waals surface area contributed by atoms with E-state index in [1.165, 1.54) is 0 Å². The van der Waals surface area contributed by atoms with Gasteiger partial charge in [0, 0.05) is 0 Å². The van der Waals surface area contributed by atoms with Crippen molar-refractivity contribution in [3.05, 3.63) is 0 Å². The first kappa shape index (κ1) is 18.1. The van der Waals surface area contributed by atoms with Gasteiger partial charge in [0.1, 0.15) is 0 Å². The zero-order valence-corrected chi connectivity index (χ0v) is 12.0. The van der Waals surface area contributed by atoms with Crippen molar-refractivity contribution in [1.82, 2.24) is 5.06 Å². The molecule has 0 heterocycles. The van der Waals surface area contributed by atoms with Crippen LogP contribution >= 0.6 is 0 Å². The smallest absolute Gasteiger partial charge is 1.00 e. The molecule has 3 N–H and O–H groups in total. The van der Waals surface area contributed by atoms with Gasteiger partial charge < -0.3 is 6.63 Å². The molecule has 0 aliphatic carbocycles. The van der Waals surface area contributed by atoms with Crippen molar-refractivity contribution in [2.75, 3.05) is 0 Å². The zero-order valence-electron chi connectivity index (χ0n) is 9.39. The van der Waals surface area contributed by atoms with E-state index in [1.54, 1.807) is 0 Å². The van der Waals surface area contributed by atoms with Crippen molar-refractivity contribution in [3.8, 4) is 0 Å². The van der Waals surface area contributed by atoms with Gasteiger partial charge in [0.15, 0.2) is 10.7 Å². The molecule has 0 fully saturated rings. The Kier molecular flexibility index (Phi) is 7.11. The fourth-order valence-electron chi connectivity index (χ4n) is 0.569. The summed E-state index contributed by atoms with van der Waals surface area (Å²) in [5, 5.41) is 5.14. The molecule has 8 nitrogen and oxygen atoms in total. The molecule has 15 heavy (non-hydrogen) atoms. The second kappa shape index (κ2) is 5.89. The van der Waals surface area contributed by atoms with Crippen LogP contribution in [0, 0.1) is 0 Å². The van der Waals surface area contributed by atoms with Gasteiger partial charge in [-0.15, -0.1) is 0 Å². The molecule has 0 aromatic rings. The van der Waals surface area contributed by atoms with Gasteiger partial charge in [-0.25, -0.2) is 0 Å². The Balaban J connectivity index is -0.000000845. The van der Waals surface area contributed by atoms with E-state index in [9.17, 15) is 16.8 Å². The molecular weight excluding hydrogens is 261 g/mol. The van der Waals surface area contributed by atoms with Crippen molar-refractivity contribution in [2.24, 2.45) is 0 Å². The molecule has 88 valence electrons. The van der Waals surface area contributed by atoms with Crippen LogP contribution in [-0.2, 0) is 20.2 Å². The molecule has 0 spiro atoms. The second-order valence-electron chi connectivity index (χ2n) is 2.61. The summed E-state index contributed by atoms with van der Waals surface area (Å²) in [6, 6.07) is 0. The third-order valence-electron chi connectivity index (χ3n) is 1.61. The van der Waals surface area contributed by atoms with E-state index in [-0.39, 0.29) is 36.0 Å². The normalized spacial score (nSPS) is 16.9. The molecule has 0 aliphatic rings. The summed E-state index contributed by atoms with van der Waals surface area (Å²) in [5.41, 5.74) is 0. The van der Waals surface area contributed by atoms with E-state index in [4.69, 9.17) is 14.3 Å². The van der Waals surface area contributed by atoms with Gasteiger partial charge in [-0.1, -0.05) is 0 Å². The van der Waals surface area contributed by atoms with Crippen molar-refractivity contribution in [1.29, 1.82) is 0 Å². The van der Waals surface area contributed by atoms with Crippen molar-refractivity contribution >= 4 is 20.2 Å². The summed E-state index contributed by atoms with van der Waals surface area (Å²) in [6.45, 7) is 1.72. The van der Waals surface area contributed by atoms with Crippen LogP contribution in [0.5, 0.6) is 0 Å². The van der Waals surface area contributed by atoms with Crippen molar-refractivity contribution < 1.29 is 62.1 Å². The maximum atomic E-state index is 10.5. The van der Waals surface area contributed by atoms with Crippen LogP contribution in [0.2, 0.25) is 0 Å². The first-order valence-electron chi connectivity index (χ1n) is 3.37. The van der Waals surface area contributed by atoms with E-state index in [1.807, 2.05) is 0 Å². The molecule has 0 radical (unpaired) electrons. The van der Waals surface area contributed by atoms with E-state index in [0.29, 0.717) is 0 Å². The number of hydrogen-bond donors (Lipinski definition) is 3. The van der Waals surface area contributed by atoms with Crippen LogP contribution in [0.25, 0.3) is 0 Å². The van der Waals surface area contributed by atoms with Gasteiger partial charge in [0.2, 0.25) is 0 Å². The van der Waals surface area contributed by atoms with Crippen LogP contribution in [0.1, 0.15) is 15.3 Å². The number of hydroxylamine groups is 2. The van der Waals surface area contributed by atoms with E-state index in [2.05, 4.69) is 0 Å². The fraction of sp³-hybridized carbons (Fsp3) is 1.00. The largest absolute Gasteiger partial charge is 1.00 e. The monoisotopic (exact) mass is 273 g/mol. The van der Waals surface area contributed by atoms with Crippen LogP contribution in [0.3, 0.4) is 0 Å². The molecule has 0 saturated carbocycles. The third-order valence-corrected chi connectivity index (χ3v) is 3.76. The summed E-state index contributed by atoms with van der Waals surface area (Å²) < 4.78 is 58.9. The number of hydrogen-bond acceptors (Lipinski definition) is 6. The molecule has 0 amide bonds. The molecule has 11 heteroatoms. The average Bonchev–Trinajstić information content (AvgIpc) is 1.97. The molecule has 0 aliphatic heterocycles. The summed E-state index contributed by atoms with van der Waals surface area (Å²) in [7, 11) is -9.21. The Morgan fingerprint density at radius 2 is 1.20 bits per heavy atom. The first-order chi connectivity index (χ1) is 5.98. The maximum Gasteiger partial charge on any atom is 1.00 e. The van der Waals surface area contributed by atoms with Crippen LogP contribution in [0.4, 0.5) is 0 Å². The molecule has 2 atom stereocenters. The molecular formula is C4H12NNaO7S2.